The lowest BCUT2D eigenvalue weighted by molar-refractivity contribution is 0.113. The Balaban J connectivity index is 3.05. The summed E-state index contributed by atoms with van der Waals surface area (Å²) in [4.78, 5) is 2.61. The lowest BCUT2D eigenvalue weighted by Crippen LogP contribution is -2.14. The van der Waals surface area contributed by atoms with E-state index in [4.69, 9.17) is 15.7 Å². The second-order valence-electron chi connectivity index (χ2n) is 2.22. The van der Waals surface area contributed by atoms with E-state index < -0.39 is 6.10 Å². The van der Waals surface area contributed by atoms with Gasteiger partial charge >= 0.3 is 0 Å². The fourth-order valence-corrected chi connectivity index (χ4v) is 1.43. The molecule has 5 nitrogen and oxygen atoms in total. The fraction of sp³-hybridized carbons (Fsp3) is 1.00. The van der Waals surface area contributed by atoms with Crippen LogP contribution in [0.15, 0.2) is 5.11 Å². The molecule has 0 radical (unpaired) electrons. The van der Waals surface area contributed by atoms with Crippen LogP contribution >= 0.6 is 11.8 Å². The minimum Gasteiger partial charge on any atom is -0.394 e. The Hall–Kier alpha value is -0.420. The highest BCUT2D eigenvalue weighted by atomic mass is 32.2. The van der Waals surface area contributed by atoms with Crippen LogP contribution in [0.25, 0.3) is 10.4 Å². The van der Waals surface area contributed by atoms with E-state index >= 15 is 0 Å². The molecular formula is C6H13N3O2S. The minimum atomic E-state index is -0.630. The molecule has 0 amide bonds. The summed E-state index contributed by atoms with van der Waals surface area (Å²) in [6.45, 7) is 0.308. The Labute approximate surface area is 75.4 Å². The molecule has 0 aromatic rings. The molecule has 6 heteroatoms. The highest BCUT2D eigenvalue weighted by Gasteiger charge is 2.00. The first-order valence-corrected chi connectivity index (χ1v) is 4.84. The average Bonchev–Trinajstić information content (AvgIpc) is 2.10. The SMILES string of the molecule is [N-]=[N+]=NCCCSCC(O)CO. The first-order chi connectivity index (χ1) is 5.81. The fourth-order valence-electron chi connectivity index (χ4n) is 0.554. The van der Waals surface area contributed by atoms with Crippen molar-refractivity contribution in [3.8, 4) is 0 Å². The topological polar surface area (TPSA) is 89.2 Å². The van der Waals surface area contributed by atoms with E-state index in [1.54, 1.807) is 11.8 Å². The van der Waals surface area contributed by atoms with Crippen molar-refractivity contribution in [3.63, 3.8) is 0 Å². The standard InChI is InChI=1S/C6H13N3O2S/c7-9-8-2-1-3-12-5-6(11)4-10/h6,10-11H,1-5H2. The van der Waals surface area contributed by atoms with Crippen LogP contribution in [0.4, 0.5) is 0 Å². The molecule has 0 aliphatic heterocycles. The number of rotatable bonds is 7. The van der Waals surface area contributed by atoms with Crippen molar-refractivity contribution in [1.29, 1.82) is 0 Å². The van der Waals surface area contributed by atoms with Crippen LogP contribution < -0.4 is 0 Å². The molecular weight excluding hydrogens is 178 g/mol. The number of hydrogen-bond donors (Lipinski definition) is 2. The summed E-state index contributed by atoms with van der Waals surface area (Å²) in [6, 6.07) is 0. The zero-order valence-electron chi connectivity index (χ0n) is 6.76. The van der Waals surface area contributed by atoms with Crippen molar-refractivity contribution in [2.75, 3.05) is 24.7 Å². The average molecular weight is 191 g/mol. The van der Waals surface area contributed by atoms with E-state index in [1.165, 1.54) is 0 Å². The monoisotopic (exact) mass is 191 g/mol. The van der Waals surface area contributed by atoms with Crippen LogP contribution in [0.5, 0.6) is 0 Å². The van der Waals surface area contributed by atoms with Gasteiger partial charge in [-0.1, -0.05) is 5.11 Å². The van der Waals surface area contributed by atoms with Crippen molar-refractivity contribution in [2.24, 2.45) is 5.11 Å². The summed E-state index contributed by atoms with van der Waals surface area (Å²) >= 11 is 1.54. The molecule has 1 atom stereocenters. The predicted molar refractivity (Wildman–Crippen MR) is 49.0 cm³/mol. The number of aliphatic hydroxyl groups excluding tert-OH is 2. The Bertz CT molecular complexity index is 150. The first-order valence-electron chi connectivity index (χ1n) is 3.68. The largest absolute Gasteiger partial charge is 0.394 e. The van der Waals surface area contributed by atoms with Crippen LogP contribution in [-0.4, -0.2) is 41.0 Å². The molecule has 70 valence electrons. The number of nitrogens with zero attached hydrogens (tertiary/aromatic N) is 3. The number of hydrogen-bond acceptors (Lipinski definition) is 4. The third-order valence-corrected chi connectivity index (χ3v) is 2.33. The van der Waals surface area contributed by atoms with E-state index in [2.05, 4.69) is 10.0 Å². The lowest BCUT2D eigenvalue weighted by Gasteiger charge is -2.04. The van der Waals surface area contributed by atoms with Crippen LogP contribution in [0.2, 0.25) is 0 Å². The summed E-state index contributed by atoms with van der Waals surface area (Å²) < 4.78 is 0. The Kier molecular flexibility index (Phi) is 8.37. The van der Waals surface area contributed by atoms with E-state index in [-0.39, 0.29) is 6.61 Å². The molecule has 0 aromatic carbocycles. The van der Waals surface area contributed by atoms with Crippen molar-refractivity contribution in [2.45, 2.75) is 12.5 Å². The zero-order chi connectivity index (χ0) is 9.23. The van der Waals surface area contributed by atoms with E-state index in [0.29, 0.717) is 12.3 Å². The van der Waals surface area contributed by atoms with Gasteiger partial charge in [0.15, 0.2) is 0 Å². The molecule has 0 saturated heterocycles. The number of azide groups is 1. The van der Waals surface area contributed by atoms with Gasteiger partial charge in [0.2, 0.25) is 0 Å². The van der Waals surface area contributed by atoms with Gasteiger partial charge in [-0.15, -0.1) is 0 Å². The van der Waals surface area contributed by atoms with Gasteiger partial charge in [-0.05, 0) is 17.7 Å². The number of thioether (sulfide) groups is 1. The van der Waals surface area contributed by atoms with Crippen molar-refractivity contribution >= 4 is 11.8 Å². The van der Waals surface area contributed by atoms with Crippen molar-refractivity contribution in [3.05, 3.63) is 10.4 Å². The summed E-state index contributed by atoms with van der Waals surface area (Å²) in [7, 11) is 0. The van der Waals surface area contributed by atoms with Crippen molar-refractivity contribution < 1.29 is 10.2 Å². The second-order valence-corrected chi connectivity index (χ2v) is 3.37. The molecule has 0 aliphatic carbocycles. The molecule has 2 N–H and O–H groups in total. The predicted octanol–water partition coefficient (Wildman–Crippen LogP) is 0.773. The van der Waals surface area contributed by atoms with Gasteiger partial charge in [0.25, 0.3) is 0 Å². The van der Waals surface area contributed by atoms with Crippen LogP contribution in [-0.2, 0) is 0 Å². The summed E-state index contributed by atoms with van der Waals surface area (Å²) in [5, 5.41) is 20.7. The Morgan fingerprint density at radius 1 is 1.58 bits per heavy atom. The third-order valence-electron chi connectivity index (χ3n) is 1.13. The van der Waals surface area contributed by atoms with Crippen LogP contribution in [0.3, 0.4) is 0 Å². The maximum absolute atomic E-state index is 8.91. The molecule has 0 heterocycles. The Morgan fingerprint density at radius 2 is 2.33 bits per heavy atom. The van der Waals surface area contributed by atoms with E-state index in [1.807, 2.05) is 0 Å². The summed E-state index contributed by atoms with van der Waals surface area (Å²) in [6.07, 6.45) is 0.182. The highest BCUT2D eigenvalue weighted by Crippen LogP contribution is 2.04. The van der Waals surface area contributed by atoms with Gasteiger partial charge in [-0.2, -0.15) is 11.8 Å². The van der Waals surface area contributed by atoms with E-state index in [0.717, 1.165) is 12.2 Å². The molecule has 0 fully saturated rings. The van der Waals surface area contributed by atoms with Crippen LogP contribution in [0.1, 0.15) is 6.42 Å². The molecule has 0 aliphatic rings. The molecule has 0 saturated carbocycles. The zero-order valence-corrected chi connectivity index (χ0v) is 7.57. The molecule has 12 heavy (non-hydrogen) atoms. The normalized spacial score (nSPS) is 12.2. The molecule has 0 spiro atoms. The maximum Gasteiger partial charge on any atom is 0.0861 e. The van der Waals surface area contributed by atoms with Crippen molar-refractivity contribution in [1.82, 2.24) is 0 Å². The van der Waals surface area contributed by atoms with Gasteiger partial charge in [-0.3, -0.25) is 0 Å². The van der Waals surface area contributed by atoms with Gasteiger partial charge in [0.05, 0.1) is 12.7 Å². The third kappa shape index (κ3) is 7.68. The minimum absolute atomic E-state index is 0.191. The second kappa shape index (κ2) is 8.67. The Morgan fingerprint density at radius 3 is 2.92 bits per heavy atom. The summed E-state index contributed by atoms with van der Waals surface area (Å²) in [5.41, 5.74) is 7.93. The molecule has 0 bridgehead atoms. The first kappa shape index (κ1) is 11.6. The van der Waals surface area contributed by atoms with E-state index in [9.17, 15) is 0 Å². The maximum atomic E-state index is 8.91. The van der Waals surface area contributed by atoms with Gasteiger partial charge in [0.1, 0.15) is 0 Å². The van der Waals surface area contributed by atoms with Gasteiger partial charge < -0.3 is 10.2 Å². The molecule has 1 unspecified atom stereocenters. The quantitative estimate of drug-likeness (QED) is 0.269. The smallest absolute Gasteiger partial charge is 0.0861 e. The van der Waals surface area contributed by atoms with Gasteiger partial charge in [-0.25, -0.2) is 0 Å². The molecule has 0 aromatic heterocycles. The highest BCUT2D eigenvalue weighted by molar-refractivity contribution is 7.99. The van der Waals surface area contributed by atoms with Crippen LogP contribution in [0, 0.1) is 0 Å². The molecule has 0 rings (SSSR count). The lowest BCUT2D eigenvalue weighted by atomic mass is 10.4. The number of aliphatic hydroxyl groups is 2. The summed E-state index contributed by atoms with van der Waals surface area (Å²) in [5.74, 6) is 1.38. The van der Waals surface area contributed by atoms with Gasteiger partial charge in [0, 0.05) is 17.2 Å².